The van der Waals surface area contributed by atoms with Crippen LogP contribution >= 0.6 is 11.6 Å². The van der Waals surface area contributed by atoms with E-state index in [4.69, 9.17) is 11.6 Å². The molecule has 0 radical (unpaired) electrons. The van der Waals surface area contributed by atoms with Crippen molar-refractivity contribution in [1.82, 2.24) is 15.3 Å². The van der Waals surface area contributed by atoms with E-state index in [1.807, 2.05) is 13.8 Å². The summed E-state index contributed by atoms with van der Waals surface area (Å²) in [7, 11) is 0. The van der Waals surface area contributed by atoms with E-state index in [0.29, 0.717) is 10.7 Å². The molecule has 1 unspecified atom stereocenters. The molecule has 3 N–H and O–H groups in total. The highest BCUT2D eigenvalue weighted by Gasteiger charge is 2.20. The van der Waals surface area contributed by atoms with Crippen molar-refractivity contribution in [3.63, 3.8) is 0 Å². The van der Waals surface area contributed by atoms with Gasteiger partial charge in [0.05, 0.1) is 6.04 Å². The molecule has 2 amide bonds. The average Bonchev–Trinajstić information content (AvgIpc) is 2.92. The fraction of sp³-hybridized carbons (Fsp3) is 0.286. The quantitative estimate of drug-likeness (QED) is 0.806. The van der Waals surface area contributed by atoms with Crippen LogP contribution in [0.4, 0.5) is 10.5 Å². The van der Waals surface area contributed by atoms with Gasteiger partial charge in [0.1, 0.15) is 5.82 Å². The molecule has 1 aromatic heterocycles. The van der Waals surface area contributed by atoms with E-state index in [0.717, 1.165) is 5.82 Å². The molecule has 2 rings (SSSR count). The summed E-state index contributed by atoms with van der Waals surface area (Å²) in [5, 5.41) is 6.30. The summed E-state index contributed by atoms with van der Waals surface area (Å²) < 4.78 is 0. The Morgan fingerprint density at radius 3 is 2.55 bits per heavy atom. The summed E-state index contributed by atoms with van der Waals surface area (Å²) in [5.74, 6) is 0.961. The van der Waals surface area contributed by atoms with Crippen molar-refractivity contribution >= 4 is 23.3 Å². The molecule has 106 valence electrons. The third-order valence-corrected chi connectivity index (χ3v) is 3.12. The molecule has 20 heavy (non-hydrogen) atoms. The number of anilines is 1. The van der Waals surface area contributed by atoms with Crippen molar-refractivity contribution in [2.45, 2.75) is 19.9 Å². The summed E-state index contributed by atoms with van der Waals surface area (Å²) in [6, 6.07) is 6.51. The van der Waals surface area contributed by atoms with Crippen LogP contribution in [0.3, 0.4) is 0 Å². The molecule has 1 aromatic carbocycles. The molecule has 1 atom stereocenters. The standard InChI is InChI=1S/C14H17ClN4O/c1-9(2)12(13-16-7-8-17-13)19-14(20)18-11-5-3-10(15)4-6-11/h3-9,12H,1-2H3,(H,16,17)(H2,18,19,20). The Kier molecular flexibility index (Phi) is 4.63. The topological polar surface area (TPSA) is 69.8 Å². The van der Waals surface area contributed by atoms with E-state index in [1.165, 1.54) is 0 Å². The minimum absolute atomic E-state index is 0.169. The Bertz CT molecular complexity index is 551. The zero-order valence-corrected chi connectivity index (χ0v) is 12.1. The van der Waals surface area contributed by atoms with E-state index in [1.54, 1.807) is 36.7 Å². The van der Waals surface area contributed by atoms with E-state index in [-0.39, 0.29) is 18.0 Å². The summed E-state index contributed by atoms with van der Waals surface area (Å²) >= 11 is 5.80. The minimum Gasteiger partial charge on any atom is -0.347 e. The van der Waals surface area contributed by atoms with Crippen LogP contribution < -0.4 is 10.6 Å². The van der Waals surface area contributed by atoms with Gasteiger partial charge < -0.3 is 15.6 Å². The Balaban J connectivity index is 2.00. The first-order chi connectivity index (χ1) is 9.56. The second kappa shape index (κ2) is 6.43. The molecule has 0 aliphatic heterocycles. The van der Waals surface area contributed by atoms with Crippen molar-refractivity contribution in [1.29, 1.82) is 0 Å². The minimum atomic E-state index is -0.276. The molecule has 0 saturated heterocycles. The van der Waals surface area contributed by atoms with Crippen molar-refractivity contribution in [3.8, 4) is 0 Å². The molecule has 0 bridgehead atoms. The maximum absolute atomic E-state index is 12.0. The number of amides is 2. The molecule has 5 nitrogen and oxygen atoms in total. The third-order valence-electron chi connectivity index (χ3n) is 2.87. The predicted octanol–water partition coefficient (Wildman–Crippen LogP) is 3.58. The number of aromatic amines is 1. The van der Waals surface area contributed by atoms with E-state index in [2.05, 4.69) is 20.6 Å². The molecule has 0 aliphatic rings. The monoisotopic (exact) mass is 292 g/mol. The second-order valence-corrected chi connectivity index (χ2v) is 5.24. The Labute approximate surface area is 122 Å². The van der Waals surface area contributed by atoms with Gasteiger partial charge in [-0.25, -0.2) is 9.78 Å². The number of benzene rings is 1. The van der Waals surface area contributed by atoms with Crippen LogP contribution in [0, 0.1) is 5.92 Å². The fourth-order valence-corrected chi connectivity index (χ4v) is 1.97. The van der Waals surface area contributed by atoms with Gasteiger partial charge in [-0.15, -0.1) is 0 Å². The van der Waals surface area contributed by atoms with Gasteiger partial charge in [-0.3, -0.25) is 0 Å². The highest BCUT2D eigenvalue weighted by molar-refractivity contribution is 6.30. The predicted molar refractivity (Wildman–Crippen MR) is 79.8 cm³/mol. The Hall–Kier alpha value is -2.01. The number of hydrogen-bond acceptors (Lipinski definition) is 2. The average molecular weight is 293 g/mol. The van der Waals surface area contributed by atoms with Crippen LogP contribution in [0.1, 0.15) is 25.7 Å². The molecule has 0 spiro atoms. The van der Waals surface area contributed by atoms with Gasteiger partial charge in [-0.1, -0.05) is 25.4 Å². The van der Waals surface area contributed by atoms with Crippen LogP contribution in [-0.4, -0.2) is 16.0 Å². The number of nitrogens with zero attached hydrogens (tertiary/aromatic N) is 1. The molecule has 2 aromatic rings. The number of nitrogens with one attached hydrogen (secondary N) is 3. The Morgan fingerprint density at radius 2 is 2.00 bits per heavy atom. The first-order valence-corrected chi connectivity index (χ1v) is 6.76. The summed E-state index contributed by atoms with van der Waals surface area (Å²) in [6.07, 6.45) is 3.41. The maximum Gasteiger partial charge on any atom is 0.319 e. The van der Waals surface area contributed by atoms with Gasteiger partial charge >= 0.3 is 6.03 Å². The van der Waals surface area contributed by atoms with Gasteiger partial charge in [-0.2, -0.15) is 0 Å². The Morgan fingerprint density at radius 1 is 1.30 bits per heavy atom. The van der Waals surface area contributed by atoms with Crippen LogP contribution in [0.5, 0.6) is 0 Å². The molecule has 0 saturated carbocycles. The lowest BCUT2D eigenvalue weighted by atomic mass is 10.0. The number of halogens is 1. The lowest BCUT2D eigenvalue weighted by Crippen LogP contribution is -2.35. The highest BCUT2D eigenvalue weighted by Crippen LogP contribution is 2.18. The number of carbonyl (C=O) groups is 1. The number of urea groups is 1. The first kappa shape index (κ1) is 14.4. The fourth-order valence-electron chi connectivity index (χ4n) is 1.84. The van der Waals surface area contributed by atoms with Gasteiger partial charge in [0, 0.05) is 23.1 Å². The van der Waals surface area contributed by atoms with Crippen LogP contribution in [0.2, 0.25) is 5.02 Å². The highest BCUT2D eigenvalue weighted by atomic mass is 35.5. The normalized spacial score (nSPS) is 12.2. The maximum atomic E-state index is 12.0. The zero-order valence-electron chi connectivity index (χ0n) is 11.4. The van der Waals surface area contributed by atoms with Gasteiger partial charge in [0.25, 0.3) is 0 Å². The SMILES string of the molecule is CC(C)C(NC(=O)Nc1ccc(Cl)cc1)c1ncc[nH]1. The van der Waals surface area contributed by atoms with Crippen molar-refractivity contribution in [3.05, 3.63) is 47.5 Å². The number of aromatic nitrogens is 2. The van der Waals surface area contributed by atoms with Crippen molar-refractivity contribution < 1.29 is 4.79 Å². The first-order valence-electron chi connectivity index (χ1n) is 6.38. The van der Waals surface area contributed by atoms with E-state index in [9.17, 15) is 4.79 Å². The molecule has 6 heteroatoms. The van der Waals surface area contributed by atoms with Crippen molar-refractivity contribution in [2.75, 3.05) is 5.32 Å². The number of rotatable bonds is 4. The van der Waals surface area contributed by atoms with Gasteiger partial charge in [0.15, 0.2) is 0 Å². The smallest absolute Gasteiger partial charge is 0.319 e. The van der Waals surface area contributed by atoms with Gasteiger partial charge in [-0.05, 0) is 30.2 Å². The van der Waals surface area contributed by atoms with Crippen molar-refractivity contribution in [2.24, 2.45) is 5.92 Å². The third kappa shape index (κ3) is 3.74. The van der Waals surface area contributed by atoms with Crippen LogP contribution in [0.25, 0.3) is 0 Å². The molecule has 1 heterocycles. The lowest BCUT2D eigenvalue weighted by Gasteiger charge is -2.20. The summed E-state index contributed by atoms with van der Waals surface area (Å²) in [5.41, 5.74) is 0.689. The summed E-state index contributed by atoms with van der Waals surface area (Å²) in [6.45, 7) is 4.05. The number of hydrogen-bond donors (Lipinski definition) is 3. The second-order valence-electron chi connectivity index (χ2n) is 4.80. The largest absolute Gasteiger partial charge is 0.347 e. The number of imidazole rings is 1. The molecular formula is C14H17ClN4O. The molecule has 0 aliphatic carbocycles. The number of H-pyrrole nitrogens is 1. The van der Waals surface area contributed by atoms with Crippen LogP contribution in [-0.2, 0) is 0 Å². The van der Waals surface area contributed by atoms with E-state index >= 15 is 0 Å². The number of carbonyl (C=O) groups excluding carboxylic acids is 1. The van der Waals surface area contributed by atoms with Crippen LogP contribution in [0.15, 0.2) is 36.7 Å². The van der Waals surface area contributed by atoms with E-state index < -0.39 is 0 Å². The molecule has 0 fully saturated rings. The molecular weight excluding hydrogens is 276 g/mol. The lowest BCUT2D eigenvalue weighted by molar-refractivity contribution is 0.244. The summed E-state index contributed by atoms with van der Waals surface area (Å²) in [4.78, 5) is 19.2. The van der Waals surface area contributed by atoms with Gasteiger partial charge in [0.2, 0.25) is 0 Å². The zero-order chi connectivity index (χ0) is 14.5.